The number of halogens is 2. The molecule has 1 unspecified atom stereocenters. The van der Waals surface area contributed by atoms with Gasteiger partial charge in [-0.15, -0.1) is 4.72 Å². The molecule has 96 valence electrons. The summed E-state index contributed by atoms with van der Waals surface area (Å²) in [4.78, 5) is 3.92. The predicted octanol–water partition coefficient (Wildman–Crippen LogP) is 2.99. The van der Waals surface area contributed by atoms with E-state index < -0.39 is 17.2 Å². The molecule has 0 aliphatic heterocycles. The summed E-state index contributed by atoms with van der Waals surface area (Å²) >= 11 is 4.46. The van der Waals surface area contributed by atoms with Crippen LogP contribution in [0.5, 0.6) is 0 Å². The first kappa shape index (κ1) is 14.7. The third-order valence-electron chi connectivity index (χ3n) is 2.11. The highest BCUT2D eigenvalue weighted by atomic mass is 35.5. The Kier molecular flexibility index (Phi) is 4.77. The second-order valence-electron chi connectivity index (χ2n) is 4.74. The van der Waals surface area contributed by atoms with E-state index in [0.717, 1.165) is 6.20 Å². The molecule has 0 aromatic carbocycles. The number of hydrogen-bond donors (Lipinski definition) is 1. The number of aromatic nitrogens is 1. The van der Waals surface area contributed by atoms with Crippen LogP contribution in [-0.2, 0) is 11.4 Å². The lowest BCUT2D eigenvalue weighted by Crippen LogP contribution is -2.40. The molecule has 6 heteroatoms. The quantitative estimate of drug-likeness (QED) is 0.865. The van der Waals surface area contributed by atoms with Crippen molar-refractivity contribution < 1.29 is 8.94 Å². The van der Waals surface area contributed by atoms with Crippen LogP contribution >= 0.6 is 11.6 Å². The van der Waals surface area contributed by atoms with E-state index in [2.05, 4.69) is 9.71 Å². The van der Waals surface area contributed by atoms with Gasteiger partial charge in [0.05, 0.1) is 23.0 Å². The van der Waals surface area contributed by atoms with E-state index in [4.69, 9.17) is 11.6 Å². The maximum absolute atomic E-state index is 12.9. The van der Waals surface area contributed by atoms with Gasteiger partial charge < -0.3 is 4.55 Å². The van der Waals surface area contributed by atoms with E-state index in [1.165, 1.54) is 6.07 Å². The van der Waals surface area contributed by atoms with Crippen LogP contribution in [0.15, 0.2) is 12.3 Å². The third kappa shape index (κ3) is 4.10. The fourth-order valence-electron chi connectivity index (χ4n) is 1.06. The topological polar surface area (TPSA) is 48.0 Å². The molecule has 0 aliphatic rings. The molecule has 2 atom stereocenters. The average Bonchev–Trinajstić information content (AvgIpc) is 2.20. The zero-order chi connectivity index (χ0) is 13.2. The summed E-state index contributed by atoms with van der Waals surface area (Å²) in [5.41, 5.74) is 0.564. The molecule has 17 heavy (non-hydrogen) atoms. The highest BCUT2D eigenvalue weighted by Crippen LogP contribution is 2.21. The highest BCUT2D eigenvalue weighted by Gasteiger charge is 2.28. The van der Waals surface area contributed by atoms with Gasteiger partial charge in [-0.3, -0.25) is 4.98 Å². The molecule has 1 N–H and O–H groups in total. The molecule has 0 spiro atoms. The SMILES string of the molecule is CC(N[S@+]([O-])C(C)(C)C)c1cc(Cl)c(F)cn1. The number of rotatable bonds is 3. The minimum Gasteiger partial charge on any atom is -0.598 e. The molecule has 0 aliphatic carbocycles. The van der Waals surface area contributed by atoms with Crippen LogP contribution in [0.2, 0.25) is 5.02 Å². The molecule has 0 bridgehead atoms. The number of nitrogens with one attached hydrogen (secondary N) is 1. The molecule has 0 saturated heterocycles. The van der Waals surface area contributed by atoms with Crippen LogP contribution < -0.4 is 4.72 Å². The van der Waals surface area contributed by atoms with Crippen molar-refractivity contribution in [1.82, 2.24) is 9.71 Å². The molecule has 0 radical (unpaired) electrons. The van der Waals surface area contributed by atoms with Gasteiger partial charge >= 0.3 is 0 Å². The monoisotopic (exact) mass is 278 g/mol. The molecular weight excluding hydrogens is 263 g/mol. The molecule has 0 amide bonds. The Balaban J connectivity index is 2.76. The van der Waals surface area contributed by atoms with Gasteiger partial charge in [-0.1, -0.05) is 11.6 Å². The Bertz CT molecular complexity index is 398. The minimum atomic E-state index is -1.21. The second-order valence-corrected chi connectivity index (χ2v) is 7.15. The van der Waals surface area contributed by atoms with Crippen LogP contribution in [-0.4, -0.2) is 14.3 Å². The number of pyridine rings is 1. The van der Waals surface area contributed by atoms with Crippen molar-refractivity contribution in [2.45, 2.75) is 38.5 Å². The normalized spacial score (nSPS) is 15.7. The van der Waals surface area contributed by atoms with Crippen molar-refractivity contribution in [3.05, 3.63) is 28.8 Å². The van der Waals surface area contributed by atoms with Gasteiger partial charge in [-0.2, -0.15) is 0 Å². The first-order chi connectivity index (χ1) is 7.71. The Morgan fingerprint density at radius 2 is 2.12 bits per heavy atom. The lowest BCUT2D eigenvalue weighted by atomic mass is 10.2. The summed E-state index contributed by atoms with van der Waals surface area (Å²) in [5, 5.41) is 0.0187. The number of hydrogen-bond acceptors (Lipinski definition) is 3. The van der Waals surface area contributed by atoms with E-state index >= 15 is 0 Å². The standard InChI is InChI=1S/C11H16ClFN2OS/c1-7(15-17(16)11(2,3)4)10-5-8(12)9(13)6-14-10/h5-7,15H,1-4H3/t7?,17-/m1/s1. The molecule has 1 aromatic heterocycles. The van der Waals surface area contributed by atoms with Crippen LogP contribution in [0.1, 0.15) is 39.4 Å². The second kappa shape index (κ2) is 5.52. The Hall–Kier alpha value is -0.360. The van der Waals surface area contributed by atoms with Crippen molar-refractivity contribution in [3.63, 3.8) is 0 Å². The van der Waals surface area contributed by atoms with Gasteiger partial charge in [0.1, 0.15) is 4.75 Å². The van der Waals surface area contributed by atoms with E-state index in [9.17, 15) is 8.94 Å². The Morgan fingerprint density at radius 3 is 2.59 bits per heavy atom. The summed E-state index contributed by atoms with van der Waals surface area (Å²) in [6.07, 6.45) is 1.07. The first-order valence-corrected chi connectivity index (χ1v) is 6.73. The zero-order valence-electron chi connectivity index (χ0n) is 10.3. The predicted molar refractivity (Wildman–Crippen MR) is 68.7 cm³/mol. The largest absolute Gasteiger partial charge is 0.598 e. The Labute approximate surface area is 109 Å². The fourth-order valence-corrected chi connectivity index (χ4v) is 2.02. The van der Waals surface area contributed by atoms with E-state index in [0.29, 0.717) is 5.69 Å². The van der Waals surface area contributed by atoms with Crippen molar-refractivity contribution in [1.29, 1.82) is 0 Å². The molecule has 0 fully saturated rings. The van der Waals surface area contributed by atoms with Crippen LogP contribution in [0, 0.1) is 5.82 Å². The summed E-state index contributed by atoms with van der Waals surface area (Å²) in [5.74, 6) is -0.556. The third-order valence-corrected chi connectivity index (χ3v) is 4.08. The van der Waals surface area contributed by atoms with Crippen molar-refractivity contribution >= 4 is 23.0 Å². The van der Waals surface area contributed by atoms with Crippen LogP contribution in [0.3, 0.4) is 0 Å². The summed E-state index contributed by atoms with van der Waals surface area (Å²) < 4.78 is 27.4. The first-order valence-electron chi connectivity index (χ1n) is 5.21. The zero-order valence-corrected chi connectivity index (χ0v) is 11.8. The van der Waals surface area contributed by atoms with E-state index in [1.807, 2.05) is 20.8 Å². The maximum Gasteiger partial charge on any atom is 0.160 e. The lowest BCUT2D eigenvalue weighted by molar-refractivity contribution is 0.528. The molecule has 1 heterocycles. The molecule has 0 saturated carbocycles. The maximum atomic E-state index is 12.9. The van der Waals surface area contributed by atoms with Crippen LogP contribution in [0.25, 0.3) is 0 Å². The van der Waals surface area contributed by atoms with E-state index in [1.54, 1.807) is 6.92 Å². The minimum absolute atomic E-state index is 0.0187. The van der Waals surface area contributed by atoms with Gasteiger partial charge in [0.15, 0.2) is 5.82 Å². The number of nitrogens with zero attached hydrogens (tertiary/aromatic N) is 1. The Morgan fingerprint density at radius 1 is 1.53 bits per heavy atom. The molecule has 1 aromatic rings. The van der Waals surface area contributed by atoms with Gasteiger partial charge in [0, 0.05) is 11.4 Å². The summed E-state index contributed by atoms with van der Waals surface area (Å²) in [6.45, 7) is 7.41. The lowest BCUT2D eigenvalue weighted by Gasteiger charge is -2.26. The smallest absolute Gasteiger partial charge is 0.160 e. The van der Waals surface area contributed by atoms with Gasteiger partial charge in [0.25, 0.3) is 0 Å². The summed E-state index contributed by atoms with van der Waals surface area (Å²) in [6, 6.07) is 1.18. The van der Waals surface area contributed by atoms with E-state index in [-0.39, 0.29) is 15.8 Å². The van der Waals surface area contributed by atoms with Gasteiger partial charge in [-0.25, -0.2) is 4.39 Å². The van der Waals surface area contributed by atoms with Crippen molar-refractivity contribution in [2.24, 2.45) is 0 Å². The van der Waals surface area contributed by atoms with Crippen molar-refractivity contribution in [3.8, 4) is 0 Å². The highest BCUT2D eigenvalue weighted by molar-refractivity contribution is 7.90. The van der Waals surface area contributed by atoms with Gasteiger partial charge in [0.2, 0.25) is 0 Å². The van der Waals surface area contributed by atoms with Crippen LogP contribution in [0.4, 0.5) is 4.39 Å². The molecular formula is C11H16ClFN2OS. The molecule has 1 rings (SSSR count). The average molecular weight is 279 g/mol. The van der Waals surface area contributed by atoms with Gasteiger partial charge in [-0.05, 0) is 33.8 Å². The molecule has 3 nitrogen and oxygen atoms in total. The fraction of sp³-hybridized carbons (Fsp3) is 0.545. The van der Waals surface area contributed by atoms with Crippen molar-refractivity contribution in [2.75, 3.05) is 0 Å². The summed E-state index contributed by atoms with van der Waals surface area (Å²) in [7, 11) is 0.